The number of carboxylic acid groups (broad SMARTS) is 1. The van der Waals surface area contributed by atoms with Crippen LogP contribution in [0.3, 0.4) is 0 Å². The number of aliphatic hydroxyl groups excluding tert-OH is 2. The molecule has 432 valence electrons. The first-order chi connectivity index (χ1) is 36.7. The second-order valence-corrected chi connectivity index (χ2v) is 23.2. The zero-order valence-electron chi connectivity index (χ0n) is 47.2. The van der Waals surface area contributed by atoms with E-state index in [-0.39, 0.29) is 61.4 Å². The number of anilines is 1. The molecule has 14 atom stereocenters. The number of nitrogens with zero attached hydrogens (tertiary/aromatic N) is 6. The Morgan fingerprint density at radius 3 is 2.29 bits per heavy atom. The SMILES string of the molecule is CC[C@H]1OC(=O)[C@H](C)[C@@H](OC(=O)Cc2ccccn2)[C@H](C)[C@@H](O[C@@H]2O[C@H](C)C[C@H](N(C)C)[C@H]2O)[C@](C)(OC(=O)CCN2CCN(c3cc4c(cc3F)c(=O)c(C(=O)O)cn4C3CC3)CC2)C[C@@H](C)CN(C)[C@H](C)[C@@H](O)[C@]1(C)O. The first-order valence-electron chi connectivity index (χ1n) is 27.6. The molecule has 0 radical (unpaired) electrons. The van der Waals surface area contributed by atoms with Gasteiger partial charge < -0.3 is 63.4 Å². The van der Waals surface area contributed by atoms with Crippen molar-refractivity contribution in [3.63, 3.8) is 0 Å². The molecule has 3 aliphatic heterocycles. The lowest BCUT2D eigenvalue weighted by Crippen LogP contribution is -2.60. The molecule has 3 aromatic rings. The van der Waals surface area contributed by atoms with Crippen LogP contribution in [0.2, 0.25) is 0 Å². The number of benzene rings is 1. The van der Waals surface area contributed by atoms with Crippen molar-refractivity contribution >= 4 is 40.5 Å². The number of piperazine rings is 1. The number of halogens is 1. The summed E-state index contributed by atoms with van der Waals surface area (Å²) in [5.41, 5.74) is -3.48. The monoisotopic (exact) mass is 1090 g/mol. The highest BCUT2D eigenvalue weighted by Gasteiger charge is 2.53. The van der Waals surface area contributed by atoms with Crippen LogP contribution in [0, 0.1) is 23.6 Å². The summed E-state index contributed by atoms with van der Waals surface area (Å²) >= 11 is 0. The van der Waals surface area contributed by atoms with E-state index in [9.17, 15) is 44.4 Å². The number of carbonyl (C=O) groups is 4. The number of rotatable bonds is 14. The maximum Gasteiger partial charge on any atom is 0.341 e. The molecule has 1 aromatic carbocycles. The molecule has 5 heterocycles. The molecule has 0 unspecified atom stereocenters. The van der Waals surface area contributed by atoms with E-state index >= 15 is 4.39 Å². The van der Waals surface area contributed by atoms with Gasteiger partial charge in [-0.1, -0.05) is 26.8 Å². The molecular formula is C57H83FN6O14. The van der Waals surface area contributed by atoms with Gasteiger partial charge in [-0.25, -0.2) is 9.18 Å². The fourth-order valence-corrected chi connectivity index (χ4v) is 12.0. The minimum atomic E-state index is -1.92. The number of hydrogen-bond acceptors (Lipinski definition) is 18. The predicted octanol–water partition coefficient (Wildman–Crippen LogP) is 4.41. The van der Waals surface area contributed by atoms with E-state index in [1.54, 1.807) is 76.7 Å². The van der Waals surface area contributed by atoms with E-state index in [4.69, 9.17) is 23.7 Å². The molecule has 21 heteroatoms. The summed E-state index contributed by atoms with van der Waals surface area (Å²) in [5, 5.41) is 45.5. The second kappa shape index (κ2) is 25.1. The first kappa shape index (κ1) is 60.5. The average molecular weight is 1100 g/mol. The van der Waals surface area contributed by atoms with Gasteiger partial charge in [0.15, 0.2) is 6.29 Å². The van der Waals surface area contributed by atoms with E-state index in [1.165, 1.54) is 13.1 Å². The Bertz CT molecular complexity index is 2650. The zero-order valence-corrected chi connectivity index (χ0v) is 47.2. The molecule has 1 aliphatic carbocycles. The lowest BCUT2D eigenvalue weighted by atomic mass is 9.77. The van der Waals surface area contributed by atoms with E-state index in [1.807, 2.05) is 42.6 Å². The van der Waals surface area contributed by atoms with Crippen molar-refractivity contribution in [1.82, 2.24) is 24.3 Å². The predicted molar refractivity (Wildman–Crippen MR) is 287 cm³/mol. The van der Waals surface area contributed by atoms with Crippen molar-refractivity contribution in [2.24, 2.45) is 17.8 Å². The lowest BCUT2D eigenvalue weighted by Gasteiger charge is -2.48. The van der Waals surface area contributed by atoms with Crippen LogP contribution in [0.15, 0.2) is 47.5 Å². The molecule has 4 fully saturated rings. The highest BCUT2D eigenvalue weighted by Crippen LogP contribution is 2.41. The number of ether oxygens (including phenoxy) is 5. The number of fused-ring (bicyclic) bond motifs is 1. The number of esters is 3. The summed E-state index contributed by atoms with van der Waals surface area (Å²) < 4.78 is 50.2. The summed E-state index contributed by atoms with van der Waals surface area (Å²) in [4.78, 5) is 80.4. The van der Waals surface area contributed by atoms with Crippen molar-refractivity contribution < 1.29 is 67.7 Å². The summed E-state index contributed by atoms with van der Waals surface area (Å²) in [6.07, 6.45) is -3.07. The van der Waals surface area contributed by atoms with Gasteiger partial charge in [-0.15, -0.1) is 0 Å². The fraction of sp³-hybridized carbons (Fsp3) is 0.684. The molecule has 4 N–H and O–H groups in total. The smallest absolute Gasteiger partial charge is 0.341 e. The van der Waals surface area contributed by atoms with Gasteiger partial charge in [-0.2, -0.15) is 0 Å². The van der Waals surface area contributed by atoms with Gasteiger partial charge in [-0.3, -0.25) is 29.1 Å². The van der Waals surface area contributed by atoms with Crippen LogP contribution in [0.4, 0.5) is 10.1 Å². The maximum atomic E-state index is 15.9. The third-order valence-corrected chi connectivity index (χ3v) is 16.7. The number of carboxylic acids is 1. The lowest BCUT2D eigenvalue weighted by molar-refractivity contribution is -0.301. The van der Waals surface area contributed by atoms with Gasteiger partial charge in [0, 0.05) is 81.1 Å². The van der Waals surface area contributed by atoms with E-state index in [0.717, 1.165) is 18.9 Å². The molecule has 0 amide bonds. The van der Waals surface area contributed by atoms with Crippen molar-refractivity contribution in [2.75, 3.05) is 65.3 Å². The van der Waals surface area contributed by atoms with Gasteiger partial charge in [0.05, 0.1) is 41.8 Å². The van der Waals surface area contributed by atoms with Crippen LogP contribution in [0.1, 0.15) is 116 Å². The molecule has 0 spiro atoms. The Morgan fingerprint density at radius 1 is 0.987 bits per heavy atom. The third kappa shape index (κ3) is 13.7. The van der Waals surface area contributed by atoms with Gasteiger partial charge in [0.1, 0.15) is 53.1 Å². The highest BCUT2D eigenvalue weighted by molar-refractivity contribution is 5.93. The number of hydrogen-bond donors (Lipinski definition) is 4. The summed E-state index contributed by atoms with van der Waals surface area (Å²) in [5.74, 6) is -6.69. The number of cyclic esters (lactones) is 1. The molecular weight excluding hydrogens is 1010 g/mol. The van der Waals surface area contributed by atoms with Crippen LogP contribution < -0.4 is 10.3 Å². The Labute approximate surface area is 456 Å². The van der Waals surface area contributed by atoms with E-state index < -0.39 is 113 Å². The molecule has 1 saturated carbocycles. The number of aromatic nitrogens is 2. The topological polar surface area (TPSA) is 243 Å². The summed E-state index contributed by atoms with van der Waals surface area (Å²) in [7, 11) is 5.49. The molecule has 4 aliphatic rings. The second-order valence-electron chi connectivity index (χ2n) is 23.2. The minimum absolute atomic E-state index is 0.0110. The Kier molecular flexibility index (Phi) is 19.5. The van der Waals surface area contributed by atoms with Crippen molar-refractivity contribution in [3.8, 4) is 0 Å². The number of pyridine rings is 2. The summed E-state index contributed by atoms with van der Waals surface area (Å²) in [6, 6.07) is 6.82. The van der Waals surface area contributed by atoms with Crippen LogP contribution in [-0.4, -0.2) is 195 Å². The fourth-order valence-electron chi connectivity index (χ4n) is 12.0. The van der Waals surface area contributed by atoms with Crippen LogP contribution in [0.5, 0.6) is 0 Å². The molecule has 7 rings (SSSR count). The van der Waals surface area contributed by atoms with E-state index in [0.29, 0.717) is 50.4 Å². The Morgan fingerprint density at radius 2 is 1.68 bits per heavy atom. The molecule has 2 aromatic heterocycles. The van der Waals surface area contributed by atoms with Gasteiger partial charge in [0.25, 0.3) is 0 Å². The van der Waals surface area contributed by atoms with Crippen LogP contribution in [0.25, 0.3) is 10.9 Å². The Balaban J connectivity index is 1.20. The van der Waals surface area contributed by atoms with Crippen molar-refractivity contribution in [3.05, 3.63) is 70.0 Å². The number of likely N-dealkylation sites (N-methyl/N-ethyl adjacent to an activating group) is 2. The van der Waals surface area contributed by atoms with Crippen molar-refractivity contribution in [1.29, 1.82) is 0 Å². The van der Waals surface area contributed by atoms with E-state index in [2.05, 4.69) is 9.88 Å². The number of aromatic carboxylic acids is 1. The maximum absolute atomic E-state index is 15.9. The van der Waals surface area contributed by atoms with Crippen molar-refractivity contribution in [2.45, 2.75) is 173 Å². The van der Waals surface area contributed by atoms with Crippen LogP contribution in [-0.2, 0) is 44.5 Å². The summed E-state index contributed by atoms with van der Waals surface area (Å²) in [6.45, 7) is 16.0. The number of aliphatic hydroxyl groups is 3. The first-order valence-corrected chi connectivity index (χ1v) is 27.6. The average Bonchev–Trinajstić information content (AvgIpc) is 4.40. The normalized spacial score (nSPS) is 33.2. The zero-order chi connectivity index (χ0) is 57.1. The van der Waals surface area contributed by atoms with Gasteiger partial charge in [-0.05, 0) is 118 Å². The quantitative estimate of drug-likeness (QED) is 0.129. The van der Waals surface area contributed by atoms with Gasteiger partial charge >= 0.3 is 23.9 Å². The molecule has 0 bridgehead atoms. The molecule has 20 nitrogen and oxygen atoms in total. The highest BCUT2D eigenvalue weighted by atomic mass is 19.1. The molecule has 78 heavy (non-hydrogen) atoms. The molecule has 3 saturated heterocycles. The standard InChI is InChI=1S/C57H83FN6O14/c1-12-45-57(8,73)51(69)36(6)61(11)30-32(2)29-56(7,78-46(65)18-20-62-21-23-63(24-22-62)43-28-42-39(27-41(43)58)48(67)40(53(70)71)31-64(42)38-16-17-38)52(77-55-49(68)44(60(9)10)25-33(3)74-55)34(4)50(35(5)54(72)75-45)76-47(66)26-37-15-13-14-19-59-37/h13-15,19,27-28,31-36,38,44-45,49-52,55,68-69,73H,12,16-18,20-26,29-30H2,1-11H3,(H,70,71)/t32-,33-,34+,35-,36-,44+,45-,49-,50+,51-,52-,55+,56-,57-/m1/s1. The minimum Gasteiger partial charge on any atom is -0.477 e. The Hall–Kier alpha value is -5.13. The third-order valence-electron chi connectivity index (χ3n) is 16.7. The largest absolute Gasteiger partial charge is 0.477 e. The van der Waals surface area contributed by atoms with Crippen LogP contribution >= 0.6 is 0 Å². The van der Waals surface area contributed by atoms with Gasteiger partial charge in [0.2, 0.25) is 5.43 Å². The number of carbonyl (C=O) groups excluding carboxylic acids is 3.